The highest BCUT2D eigenvalue weighted by Gasteiger charge is 2.08. The van der Waals surface area contributed by atoms with Crippen molar-refractivity contribution in [2.75, 3.05) is 12.5 Å². The van der Waals surface area contributed by atoms with Crippen molar-refractivity contribution in [2.45, 2.75) is 0 Å². The average molecular weight is 459 g/mol. The number of ether oxygens (including phenoxy) is 1. The summed E-state index contributed by atoms with van der Waals surface area (Å²) in [6.07, 6.45) is 1.74. The number of aromatic nitrogens is 2. The molecular formula is C24H19BrN4O. The van der Waals surface area contributed by atoms with Gasteiger partial charge in [-0.15, -0.1) is 0 Å². The first-order valence-electron chi connectivity index (χ1n) is 9.35. The lowest BCUT2D eigenvalue weighted by atomic mass is 10.1. The van der Waals surface area contributed by atoms with Crippen LogP contribution in [-0.4, -0.2) is 23.3 Å². The molecule has 6 heteroatoms. The topological polar surface area (TPSA) is 59.4 Å². The van der Waals surface area contributed by atoms with Crippen LogP contribution in [0.5, 0.6) is 5.75 Å². The zero-order valence-electron chi connectivity index (χ0n) is 16.3. The van der Waals surface area contributed by atoms with Crippen LogP contribution in [-0.2, 0) is 0 Å². The second-order valence-corrected chi connectivity index (χ2v) is 7.39. The summed E-state index contributed by atoms with van der Waals surface area (Å²) in [6, 6.07) is 27.5. The molecule has 148 valence electrons. The molecule has 0 amide bonds. The van der Waals surface area contributed by atoms with Gasteiger partial charge in [0, 0.05) is 21.7 Å². The Balaban J connectivity index is 1.64. The van der Waals surface area contributed by atoms with Crippen LogP contribution in [0.1, 0.15) is 5.56 Å². The molecule has 4 rings (SSSR count). The first-order valence-corrected chi connectivity index (χ1v) is 10.1. The fourth-order valence-corrected chi connectivity index (χ4v) is 3.12. The summed E-state index contributed by atoms with van der Waals surface area (Å²) < 4.78 is 6.19. The van der Waals surface area contributed by atoms with Crippen LogP contribution >= 0.6 is 15.9 Å². The number of hydrogen-bond donors (Lipinski definition) is 1. The van der Waals surface area contributed by atoms with Gasteiger partial charge in [-0.25, -0.2) is 9.97 Å². The van der Waals surface area contributed by atoms with Crippen LogP contribution < -0.4 is 10.2 Å². The molecule has 0 aliphatic rings. The maximum atomic E-state index is 5.18. The summed E-state index contributed by atoms with van der Waals surface area (Å²) in [5.74, 6) is 2.06. The monoisotopic (exact) mass is 458 g/mol. The SMILES string of the molecule is COc1ccc(C=NNc2cc(-c3ccccc3)nc(-c3ccc(Br)cc3)n2)cc1. The summed E-state index contributed by atoms with van der Waals surface area (Å²) >= 11 is 3.47. The van der Waals surface area contributed by atoms with E-state index in [1.165, 1.54) is 0 Å². The van der Waals surface area contributed by atoms with E-state index in [1.54, 1.807) is 13.3 Å². The van der Waals surface area contributed by atoms with E-state index in [2.05, 4.69) is 31.4 Å². The largest absolute Gasteiger partial charge is 0.497 e. The van der Waals surface area contributed by atoms with Gasteiger partial charge in [0.2, 0.25) is 0 Å². The van der Waals surface area contributed by atoms with Crippen molar-refractivity contribution >= 4 is 28.0 Å². The summed E-state index contributed by atoms with van der Waals surface area (Å²) in [5.41, 5.74) is 6.75. The van der Waals surface area contributed by atoms with Crippen molar-refractivity contribution in [1.82, 2.24) is 9.97 Å². The Bertz CT molecular complexity index is 1140. The maximum absolute atomic E-state index is 5.18. The van der Waals surface area contributed by atoms with Crippen LogP contribution in [0.2, 0.25) is 0 Å². The molecule has 0 spiro atoms. The summed E-state index contributed by atoms with van der Waals surface area (Å²) in [6.45, 7) is 0. The van der Waals surface area contributed by atoms with Crippen LogP contribution in [0.3, 0.4) is 0 Å². The second-order valence-electron chi connectivity index (χ2n) is 6.48. The van der Waals surface area contributed by atoms with E-state index in [4.69, 9.17) is 9.72 Å². The summed E-state index contributed by atoms with van der Waals surface area (Å²) in [5, 5.41) is 4.34. The summed E-state index contributed by atoms with van der Waals surface area (Å²) in [7, 11) is 1.65. The van der Waals surface area contributed by atoms with Crippen molar-refractivity contribution in [1.29, 1.82) is 0 Å². The van der Waals surface area contributed by atoms with Crippen LogP contribution in [0.15, 0.2) is 94.5 Å². The lowest BCUT2D eigenvalue weighted by Gasteiger charge is -2.08. The third-order valence-electron chi connectivity index (χ3n) is 4.41. The van der Waals surface area contributed by atoms with Crippen LogP contribution in [0.4, 0.5) is 5.82 Å². The van der Waals surface area contributed by atoms with Gasteiger partial charge in [-0.3, -0.25) is 5.43 Å². The number of methoxy groups -OCH3 is 1. The van der Waals surface area contributed by atoms with E-state index in [0.29, 0.717) is 11.6 Å². The number of halogens is 1. The maximum Gasteiger partial charge on any atom is 0.162 e. The van der Waals surface area contributed by atoms with Gasteiger partial charge in [-0.05, 0) is 42.0 Å². The molecule has 30 heavy (non-hydrogen) atoms. The Labute approximate surface area is 183 Å². The van der Waals surface area contributed by atoms with Crippen LogP contribution in [0.25, 0.3) is 22.6 Å². The van der Waals surface area contributed by atoms with Gasteiger partial charge < -0.3 is 4.74 Å². The van der Waals surface area contributed by atoms with Crippen molar-refractivity contribution in [3.8, 4) is 28.4 Å². The predicted molar refractivity (Wildman–Crippen MR) is 125 cm³/mol. The van der Waals surface area contributed by atoms with Gasteiger partial charge in [0.1, 0.15) is 5.75 Å². The molecule has 4 aromatic rings. The van der Waals surface area contributed by atoms with Gasteiger partial charge >= 0.3 is 0 Å². The fraction of sp³-hybridized carbons (Fsp3) is 0.0417. The quantitative estimate of drug-likeness (QED) is 0.283. The highest BCUT2D eigenvalue weighted by molar-refractivity contribution is 9.10. The fourth-order valence-electron chi connectivity index (χ4n) is 2.85. The molecule has 1 N–H and O–H groups in total. The van der Waals surface area contributed by atoms with Crippen LogP contribution in [0, 0.1) is 0 Å². The van der Waals surface area contributed by atoms with E-state index in [1.807, 2.05) is 84.9 Å². The standard InChI is InChI=1S/C24H19BrN4O/c1-30-21-13-7-17(8-14-21)16-26-29-23-15-22(18-5-3-2-4-6-18)27-24(28-23)19-9-11-20(25)12-10-19/h2-16H,1H3,(H,27,28,29). The van der Waals surface area contributed by atoms with Crippen molar-refractivity contribution in [2.24, 2.45) is 5.10 Å². The third kappa shape index (κ3) is 4.90. The van der Waals surface area contributed by atoms with Gasteiger partial charge in [0.05, 0.1) is 19.0 Å². The zero-order valence-corrected chi connectivity index (χ0v) is 17.9. The minimum Gasteiger partial charge on any atom is -0.497 e. The van der Waals surface area contributed by atoms with Crippen molar-refractivity contribution in [3.63, 3.8) is 0 Å². The minimum atomic E-state index is 0.617. The first kappa shape index (κ1) is 19.8. The Morgan fingerprint density at radius 2 is 1.60 bits per heavy atom. The van der Waals surface area contributed by atoms with E-state index >= 15 is 0 Å². The molecular weight excluding hydrogens is 440 g/mol. The molecule has 0 atom stereocenters. The number of nitrogens with one attached hydrogen (secondary N) is 1. The number of hydrogen-bond acceptors (Lipinski definition) is 5. The molecule has 0 aliphatic carbocycles. The zero-order chi connectivity index (χ0) is 20.8. The number of hydrazone groups is 1. The minimum absolute atomic E-state index is 0.617. The van der Waals surface area contributed by atoms with Gasteiger partial charge in [0.25, 0.3) is 0 Å². The molecule has 0 saturated heterocycles. The Morgan fingerprint density at radius 1 is 0.867 bits per heavy atom. The number of rotatable bonds is 6. The Kier molecular flexibility index (Phi) is 6.15. The van der Waals surface area contributed by atoms with Gasteiger partial charge in [0.15, 0.2) is 11.6 Å². The third-order valence-corrected chi connectivity index (χ3v) is 4.94. The lowest BCUT2D eigenvalue weighted by molar-refractivity contribution is 0.415. The number of nitrogens with zero attached hydrogens (tertiary/aromatic N) is 3. The smallest absolute Gasteiger partial charge is 0.162 e. The predicted octanol–water partition coefficient (Wildman–Crippen LogP) is 6.03. The van der Waals surface area contributed by atoms with Gasteiger partial charge in [-0.2, -0.15) is 5.10 Å². The molecule has 0 bridgehead atoms. The van der Waals surface area contributed by atoms with Crippen molar-refractivity contribution in [3.05, 3.63) is 95.0 Å². The molecule has 1 heterocycles. The molecule has 0 fully saturated rings. The molecule has 1 aromatic heterocycles. The second kappa shape index (κ2) is 9.33. The molecule has 0 aliphatic heterocycles. The molecule has 0 saturated carbocycles. The number of anilines is 1. The van der Waals surface area contributed by atoms with E-state index in [9.17, 15) is 0 Å². The van der Waals surface area contributed by atoms with Gasteiger partial charge in [-0.1, -0.05) is 58.4 Å². The Morgan fingerprint density at radius 3 is 2.30 bits per heavy atom. The van der Waals surface area contributed by atoms with Crippen molar-refractivity contribution < 1.29 is 4.74 Å². The first-order chi connectivity index (χ1) is 14.7. The molecule has 3 aromatic carbocycles. The summed E-state index contributed by atoms with van der Waals surface area (Å²) in [4.78, 5) is 9.40. The number of benzene rings is 3. The Hall–Kier alpha value is -3.51. The molecule has 0 radical (unpaired) electrons. The van der Waals surface area contributed by atoms with E-state index in [0.717, 1.165) is 32.6 Å². The normalized spacial score (nSPS) is 10.9. The highest BCUT2D eigenvalue weighted by atomic mass is 79.9. The lowest BCUT2D eigenvalue weighted by Crippen LogP contribution is -1.99. The van der Waals surface area contributed by atoms with E-state index in [-0.39, 0.29) is 0 Å². The molecule has 5 nitrogen and oxygen atoms in total. The van der Waals surface area contributed by atoms with E-state index < -0.39 is 0 Å². The molecule has 0 unspecified atom stereocenters. The average Bonchev–Trinajstić information content (AvgIpc) is 2.80. The highest BCUT2D eigenvalue weighted by Crippen LogP contribution is 2.25.